The molecule has 0 aliphatic heterocycles. The Kier molecular flexibility index (Phi) is 10.4. The zero-order chi connectivity index (χ0) is 30.9. The average Bonchev–Trinajstić information content (AvgIpc) is 3.00. The SMILES string of the molecule is C=Cc1c(/C=C\C)c(-c2ccccc2)c2ccccc2c1-c1cccc(OC(C)[C@H](C)/C=C\C=C/C)c1C(=C)/C=C(\C)O. The van der Waals surface area contributed by atoms with E-state index in [1.165, 1.54) is 5.56 Å². The van der Waals surface area contributed by atoms with Crippen molar-refractivity contribution in [1.82, 2.24) is 0 Å². The van der Waals surface area contributed by atoms with Crippen molar-refractivity contribution in [2.24, 2.45) is 5.92 Å². The van der Waals surface area contributed by atoms with Gasteiger partial charge < -0.3 is 9.84 Å². The van der Waals surface area contributed by atoms with Gasteiger partial charge in [0.1, 0.15) is 11.9 Å². The Hall–Kier alpha value is -4.82. The Bertz CT molecular complexity index is 1730. The molecule has 1 N–H and O–H groups in total. The summed E-state index contributed by atoms with van der Waals surface area (Å²) >= 11 is 0. The van der Waals surface area contributed by atoms with E-state index in [1.54, 1.807) is 13.0 Å². The van der Waals surface area contributed by atoms with Gasteiger partial charge in [-0.05, 0) is 89.6 Å². The van der Waals surface area contributed by atoms with Crippen molar-refractivity contribution < 1.29 is 9.84 Å². The van der Waals surface area contributed by atoms with Gasteiger partial charge in [-0.25, -0.2) is 0 Å². The molecule has 43 heavy (non-hydrogen) atoms. The van der Waals surface area contributed by atoms with E-state index in [1.807, 2.05) is 50.3 Å². The lowest BCUT2D eigenvalue weighted by Gasteiger charge is -2.25. The van der Waals surface area contributed by atoms with Crippen LogP contribution in [-0.2, 0) is 0 Å². The van der Waals surface area contributed by atoms with E-state index >= 15 is 0 Å². The van der Waals surface area contributed by atoms with Gasteiger partial charge in [-0.3, -0.25) is 0 Å². The maximum Gasteiger partial charge on any atom is 0.128 e. The van der Waals surface area contributed by atoms with E-state index in [-0.39, 0.29) is 17.8 Å². The number of aliphatic hydroxyl groups is 1. The van der Waals surface area contributed by atoms with E-state index in [0.29, 0.717) is 5.57 Å². The summed E-state index contributed by atoms with van der Waals surface area (Å²) in [6.45, 7) is 18.6. The molecule has 0 saturated heterocycles. The Balaban J connectivity index is 2.08. The molecule has 0 aliphatic carbocycles. The van der Waals surface area contributed by atoms with E-state index in [9.17, 15) is 5.11 Å². The Labute approximate surface area is 257 Å². The molecule has 1 unspecified atom stereocenters. The third-order valence-electron chi connectivity index (χ3n) is 7.67. The Morgan fingerprint density at radius 2 is 1.49 bits per heavy atom. The zero-order valence-corrected chi connectivity index (χ0v) is 26.0. The first-order chi connectivity index (χ1) is 20.8. The molecule has 0 amide bonds. The van der Waals surface area contributed by atoms with Crippen molar-refractivity contribution in [3.8, 4) is 28.0 Å². The Morgan fingerprint density at radius 1 is 0.814 bits per heavy atom. The van der Waals surface area contributed by atoms with Crippen LogP contribution in [0.15, 0.2) is 128 Å². The van der Waals surface area contributed by atoms with Crippen LogP contribution in [0.25, 0.3) is 50.8 Å². The molecule has 2 atom stereocenters. The molecule has 2 heteroatoms. The monoisotopic (exact) mass is 566 g/mol. The van der Waals surface area contributed by atoms with Crippen LogP contribution in [-0.4, -0.2) is 11.2 Å². The van der Waals surface area contributed by atoms with Crippen molar-refractivity contribution in [2.45, 2.75) is 40.7 Å². The van der Waals surface area contributed by atoms with E-state index in [0.717, 1.165) is 49.9 Å². The van der Waals surface area contributed by atoms with Crippen molar-refractivity contribution in [3.63, 3.8) is 0 Å². The third-order valence-corrected chi connectivity index (χ3v) is 7.67. The molecule has 0 heterocycles. The van der Waals surface area contributed by atoms with Crippen molar-refractivity contribution in [2.75, 3.05) is 0 Å². The van der Waals surface area contributed by atoms with E-state index < -0.39 is 0 Å². The minimum absolute atomic E-state index is 0.0998. The van der Waals surface area contributed by atoms with Gasteiger partial charge in [0.25, 0.3) is 0 Å². The molecule has 2 nitrogen and oxygen atoms in total. The normalized spacial score (nSPS) is 13.7. The fourth-order valence-corrected chi connectivity index (χ4v) is 5.54. The minimum atomic E-state index is -0.0998. The lowest BCUT2D eigenvalue weighted by Crippen LogP contribution is -2.20. The van der Waals surface area contributed by atoms with Crippen LogP contribution < -0.4 is 4.74 Å². The maximum atomic E-state index is 10.3. The fraction of sp³-hybridized carbons (Fsp3) is 0.171. The number of hydrogen-bond donors (Lipinski definition) is 1. The van der Waals surface area contributed by atoms with Gasteiger partial charge >= 0.3 is 0 Å². The average molecular weight is 567 g/mol. The van der Waals surface area contributed by atoms with Gasteiger partial charge in [-0.15, -0.1) is 0 Å². The van der Waals surface area contributed by atoms with Crippen LogP contribution in [0, 0.1) is 5.92 Å². The number of ether oxygens (including phenoxy) is 1. The summed E-state index contributed by atoms with van der Waals surface area (Å²) in [7, 11) is 0. The molecule has 0 bridgehead atoms. The van der Waals surface area contributed by atoms with Crippen LogP contribution in [0.2, 0.25) is 0 Å². The Morgan fingerprint density at radius 3 is 2.12 bits per heavy atom. The van der Waals surface area contributed by atoms with E-state index in [4.69, 9.17) is 4.74 Å². The number of rotatable bonds is 11. The van der Waals surface area contributed by atoms with Gasteiger partial charge in [-0.1, -0.05) is 129 Å². The molecule has 0 spiro atoms. The van der Waals surface area contributed by atoms with Crippen LogP contribution in [0.1, 0.15) is 51.3 Å². The van der Waals surface area contributed by atoms with Gasteiger partial charge in [-0.2, -0.15) is 0 Å². The largest absolute Gasteiger partial charge is 0.513 e. The smallest absolute Gasteiger partial charge is 0.128 e. The van der Waals surface area contributed by atoms with Crippen LogP contribution in [0.3, 0.4) is 0 Å². The highest BCUT2D eigenvalue weighted by molar-refractivity contribution is 6.13. The summed E-state index contributed by atoms with van der Waals surface area (Å²) in [6.07, 6.45) is 16.0. The summed E-state index contributed by atoms with van der Waals surface area (Å²) in [4.78, 5) is 0. The fourth-order valence-electron chi connectivity index (χ4n) is 5.54. The summed E-state index contributed by atoms with van der Waals surface area (Å²) in [6, 6.07) is 25.2. The molecule has 0 saturated carbocycles. The highest BCUT2D eigenvalue weighted by atomic mass is 16.5. The number of allylic oxidation sites excluding steroid dienone is 7. The molecular weight excluding hydrogens is 524 g/mol. The third kappa shape index (κ3) is 6.81. The number of aliphatic hydroxyl groups excluding tert-OH is 1. The first kappa shape index (κ1) is 31.1. The van der Waals surface area contributed by atoms with Gasteiger partial charge in [0, 0.05) is 11.5 Å². The van der Waals surface area contributed by atoms with E-state index in [2.05, 4.69) is 106 Å². The predicted molar refractivity (Wildman–Crippen MR) is 188 cm³/mol. The van der Waals surface area contributed by atoms with Gasteiger partial charge in [0.2, 0.25) is 0 Å². The summed E-state index contributed by atoms with van der Waals surface area (Å²) in [5.41, 5.74) is 8.00. The lowest BCUT2D eigenvalue weighted by atomic mass is 9.81. The number of fused-ring (bicyclic) bond motifs is 1. The van der Waals surface area contributed by atoms with Crippen LogP contribution in [0.4, 0.5) is 0 Å². The molecule has 4 aromatic rings. The number of benzene rings is 4. The highest BCUT2D eigenvalue weighted by Crippen LogP contribution is 2.47. The topological polar surface area (TPSA) is 29.5 Å². The second kappa shape index (κ2) is 14.4. The molecule has 0 aromatic heterocycles. The molecule has 4 rings (SSSR count). The predicted octanol–water partition coefficient (Wildman–Crippen LogP) is 11.9. The summed E-state index contributed by atoms with van der Waals surface area (Å²) in [5, 5.41) is 12.6. The van der Waals surface area contributed by atoms with Crippen LogP contribution >= 0.6 is 0 Å². The van der Waals surface area contributed by atoms with Crippen LogP contribution in [0.5, 0.6) is 5.75 Å². The molecule has 4 aromatic carbocycles. The molecule has 218 valence electrons. The number of hydrogen-bond acceptors (Lipinski definition) is 2. The zero-order valence-electron chi connectivity index (χ0n) is 26.0. The highest BCUT2D eigenvalue weighted by Gasteiger charge is 2.23. The molecular formula is C41H42O2. The molecule has 0 radical (unpaired) electrons. The first-order valence-corrected chi connectivity index (χ1v) is 14.9. The van der Waals surface area contributed by atoms with Crippen molar-refractivity contribution >= 4 is 28.5 Å². The summed E-state index contributed by atoms with van der Waals surface area (Å²) in [5.74, 6) is 1.08. The first-order valence-electron chi connectivity index (χ1n) is 14.9. The lowest BCUT2D eigenvalue weighted by molar-refractivity contribution is 0.183. The molecule has 0 aliphatic rings. The second-order valence-corrected chi connectivity index (χ2v) is 10.8. The summed E-state index contributed by atoms with van der Waals surface area (Å²) < 4.78 is 6.67. The van der Waals surface area contributed by atoms with Crippen molar-refractivity contribution in [1.29, 1.82) is 0 Å². The standard InChI is InChI=1S/C41H42O2/c1-8-11-13-20-28(4)31(7)43-38-26-18-25-37(39(38)29(5)27-30(6)42)41-33(10-3)34(19-9-2)40(32-21-14-12-15-22-32)35-23-16-17-24-36(35)41/h8-28,31,42H,3,5H2,1-2,4,6-7H3/b11-8-,19-9-,20-13-,30-27+/t28-,31?/m1/s1. The maximum absolute atomic E-state index is 10.3. The van der Waals surface area contributed by atoms with Gasteiger partial charge in [0.15, 0.2) is 0 Å². The quantitative estimate of drug-likeness (QED) is 0.144. The minimum Gasteiger partial charge on any atom is -0.513 e. The van der Waals surface area contributed by atoms with Gasteiger partial charge in [0.05, 0.1) is 5.76 Å². The van der Waals surface area contributed by atoms with Crippen molar-refractivity contribution in [3.05, 3.63) is 145 Å². The second-order valence-electron chi connectivity index (χ2n) is 10.8. The molecule has 0 fully saturated rings.